The molecular formula is C7H5F3INO. The van der Waals surface area contributed by atoms with Gasteiger partial charge >= 0.3 is 6.18 Å². The molecule has 6 heteroatoms. The summed E-state index contributed by atoms with van der Waals surface area (Å²) in [5.41, 5.74) is -0.894. The van der Waals surface area contributed by atoms with Gasteiger partial charge in [-0.25, -0.2) is 0 Å². The Morgan fingerprint density at radius 3 is 2.38 bits per heavy atom. The third-order valence-electron chi connectivity index (χ3n) is 1.88. The first-order valence-electron chi connectivity index (χ1n) is 3.72. The maximum atomic E-state index is 12.2. The first-order valence-corrected chi connectivity index (χ1v) is 4.80. The van der Waals surface area contributed by atoms with E-state index in [2.05, 4.69) is 9.68 Å². The number of alkyl halides is 3. The largest absolute Gasteiger partial charge is 0.437 e. The summed E-state index contributed by atoms with van der Waals surface area (Å²) in [7, 11) is 0. The Hall–Kier alpha value is -0.270. The average Bonchev–Trinajstić information content (AvgIpc) is 2.73. The van der Waals surface area contributed by atoms with E-state index < -0.39 is 11.9 Å². The first-order chi connectivity index (χ1) is 6.00. The van der Waals surface area contributed by atoms with Crippen LogP contribution >= 0.6 is 22.6 Å². The molecule has 13 heavy (non-hydrogen) atoms. The molecule has 1 heterocycles. The molecule has 0 atom stereocenters. The van der Waals surface area contributed by atoms with Crippen LogP contribution in [-0.2, 0) is 6.18 Å². The minimum Gasteiger partial charge on any atom is -0.359 e. The molecule has 0 spiro atoms. The molecule has 72 valence electrons. The Bertz CT molecular complexity index is 329. The second kappa shape index (κ2) is 2.86. The number of aromatic nitrogens is 1. The van der Waals surface area contributed by atoms with Gasteiger partial charge < -0.3 is 4.52 Å². The van der Waals surface area contributed by atoms with E-state index in [1.165, 1.54) is 0 Å². The first kappa shape index (κ1) is 9.29. The van der Waals surface area contributed by atoms with Gasteiger partial charge in [0.25, 0.3) is 0 Å². The van der Waals surface area contributed by atoms with Crippen molar-refractivity contribution in [2.75, 3.05) is 0 Å². The molecule has 0 unspecified atom stereocenters. The molecule has 2 rings (SSSR count). The van der Waals surface area contributed by atoms with Crippen molar-refractivity contribution in [3.05, 3.63) is 15.0 Å². The predicted octanol–water partition coefficient (Wildman–Crippen LogP) is 3.18. The average molecular weight is 303 g/mol. The molecule has 2 nitrogen and oxygen atoms in total. The summed E-state index contributed by atoms with van der Waals surface area (Å²) in [6.07, 6.45) is -2.59. The van der Waals surface area contributed by atoms with Gasteiger partial charge in [0, 0.05) is 5.92 Å². The fourth-order valence-corrected chi connectivity index (χ4v) is 2.01. The quantitative estimate of drug-likeness (QED) is 0.745. The minimum absolute atomic E-state index is 0.118. The molecule has 0 bridgehead atoms. The predicted molar refractivity (Wildman–Crippen MR) is 46.2 cm³/mol. The zero-order valence-corrected chi connectivity index (χ0v) is 8.52. The summed E-state index contributed by atoms with van der Waals surface area (Å²) in [6, 6.07) is 0. The van der Waals surface area contributed by atoms with Crippen molar-refractivity contribution < 1.29 is 17.7 Å². The van der Waals surface area contributed by atoms with Crippen LogP contribution in [0.1, 0.15) is 30.2 Å². The van der Waals surface area contributed by atoms with Gasteiger partial charge in [0.2, 0.25) is 5.69 Å². The second-order valence-corrected chi connectivity index (χ2v) is 4.06. The number of nitrogens with zero attached hydrogens (tertiary/aromatic N) is 1. The van der Waals surface area contributed by atoms with E-state index in [0.29, 0.717) is 5.76 Å². The van der Waals surface area contributed by atoms with Crippen LogP contribution in [-0.4, -0.2) is 5.16 Å². The van der Waals surface area contributed by atoms with Gasteiger partial charge in [-0.05, 0) is 35.4 Å². The second-order valence-electron chi connectivity index (χ2n) is 2.98. The highest BCUT2D eigenvalue weighted by molar-refractivity contribution is 14.1. The van der Waals surface area contributed by atoms with Gasteiger partial charge in [-0.15, -0.1) is 0 Å². The van der Waals surface area contributed by atoms with Crippen LogP contribution in [0, 0.1) is 3.57 Å². The molecule has 0 aromatic carbocycles. The van der Waals surface area contributed by atoms with E-state index in [1.54, 1.807) is 22.6 Å². The molecule has 0 radical (unpaired) electrons. The monoisotopic (exact) mass is 303 g/mol. The highest BCUT2D eigenvalue weighted by Crippen LogP contribution is 2.45. The van der Waals surface area contributed by atoms with Gasteiger partial charge in [0.15, 0.2) is 5.76 Å². The lowest BCUT2D eigenvalue weighted by Crippen LogP contribution is -2.07. The number of hydrogen-bond donors (Lipinski definition) is 0. The van der Waals surface area contributed by atoms with Crippen molar-refractivity contribution in [1.29, 1.82) is 0 Å². The Morgan fingerprint density at radius 2 is 2.00 bits per heavy atom. The van der Waals surface area contributed by atoms with Crippen LogP contribution in [0.15, 0.2) is 4.52 Å². The van der Waals surface area contributed by atoms with Crippen LogP contribution in [0.25, 0.3) is 0 Å². The zero-order valence-electron chi connectivity index (χ0n) is 6.36. The molecular weight excluding hydrogens is 298 g/mol. The van der Waals surface area contributed by atoms with Gasteiger partial charge in [-0.1, -0.05) is 5.16 Å². The Labute approximate surface area is 85.6 Å². The zero-order chi connectivity index (χ0) is 9.64. The highest BCUT2D eigenvalue weighted by Gasteiger charge is 2.41. The molecule has 1 aromatic heterocycles. The lowest BCUT2D eigenvalue weighted by atomic mass is 10.3. The van der Waals surface area contributed by atoms with Gasteiger partial charge in [0.05, 0.1) is 3.57 Å². The molecule has 1 aliphatic carbocycles. The summed E-state index contributed by atoms with van der Waals surface area (Å²) in [5, 5.41) is 3.04. The van der Waals surface area contributed by atoms with E-state index in [9.17, 15) is 13.2 Å². The van der Waals surface area contributed by atoms with Gasteiger partial charge in [-0.2, -0.15) is 13.2 Å². The maximum Gasteiger partial charge on any atom is 0.437 e. The van der Waals surface area contributed by atoms with Crippen LogP contribution in [0.5, 0.6) is 0 Å². The van der Waals surface area contributed by atoms with Crippen molar-refractivity contribution in [3.8, 4) is 0 Å². The molecule has 0 N–H and O–H groups in total. The van der Waals surface area contributed by atoms with Crippen LogP contribution in [0.4, 0.5) is 13.2 Å². The Morgan fingerprint density at radius 1 is 1.38 bits per heavy atom. The normalized spacial score (nSPS) is 17.8. The van der Waals surface area contributed by atoms with E-state index >= 15 is 0 Å². The molecule has 1 saturated carbocycles. The summed E-state index contributed by atoms with van der Waals surface area (Å²) < 4.78 is 41.4. The van der Waals surface area contributed by atoms with E-state index in [1.807, 2.05) is 0 Å². The van der Waals surface area contributed by atoms with Gasteiger partial charge in [0.1, 0.15) is 0 Å². The standard InChI is InChI=1S/C7H5F3INO/c8-7(9,10)6-4(11)5(13-12-6)3-1-2-3/h3H,1-2H2. The fourth-order valence-electron chi connectivity index (χ4n) is 1.07. The van der Waals surface area contributed by atoms with E-state index in [-0.39, 0.29) is 9.49 Å². The molecule has 0 aliphatic heterocycles. The highest BCUT2D eigenvalue weighted by atomic mass is 127. The smallest absolute Gasteiger partial charge is 0.359 e. The summed E-state index contributed by atoms with van der Waals surface area (Å²) in [4.78, 5) is 0. The minimum atomic E-state index is -4.40. The Kier molecular flexibility index (Phi) is 2.04. The number of hydrogen-bond acceptors (Lipinski definition) is 2. The molecule has 0 saturated heterocycles. The topological polar surface area (TPSA) is 26.0 Å². The van der Waals surface area contributed by atoms with Crippen LogP contribution in [0.2, 0.25) is 0 Å². The summed E-state index contributed by atoms with van der Waals surface area (Å²) in [5.74, 6) is 0.559. The lowest BCUT2D eigenvalue weighted by Gasteiger charge is -2.00. The lowest BCUT2D eigenvalue weighted by molar-refractivity contribution is -0.143. The van der Waals surface area contributed by atoms with Crippen molar-refractivity contribution in [1.82, 2.24) is 5.16 Å². The fraction of sp³-hybridized carbons (Fsp3) is 0.571. The molecule has 1 aromatic rings. The molecule has 0 amide bonds. The van der Waals surface area contributed by atoms with E-state index in [0.717, 1.165) is 12.8 Å². The van der Waals surface area contributed by atoms with E-state index in [4.69, 9.17) is 0 Å². The Balaban J connectivity index is 2.38. The maximum absolute atomic E-state index is 12.2. The number of rotatable bonds is 1. The van der Waals surface area contributed by atoms with Crippen molar-refractivity contribution >= 4 is 22.6 Å². The van der Waals surface area contributed by atoms with Crippen molar-refractivity contribution in [2.24, 2.45) is 0 Å². The van der Waals surface area contributed by atoms with Crippen molar-refractivity contribution in [2.45, 2.75) is 24.9 Å². The number of halogens is 4. The van der Waals surface area contributed by atoms with Crippen LogP contribution in [0.3, 0.4) is 0 Å². The summed E-state index contributed by atoms with van der Waals surface area (Å²) in [6.45, 7) is 0. The van der Waals surface area contributed by atoms with Gasteiger partial charge in [-0.3, -0.25) is 0 Å². The third kappa shape index (κ3) is 1.68. The van der Waals surface area contributed by atoms with Crippen LogP contribution < -0.4 is 0 Å². The SMILES string of the molecule is FC(F)(F)c1noc(C2CC2)c1I. The third-order valence-corrected chi connectivity index (χ3v) is 2.92. The molecule has 1 aliphatic rings. The molecule has 1 fully saturated rings. The van der Waals surface area contributed by atoms with Crippen molar-refractivity contribution in [3.63, 3.8) is 0 Å². The summed E-state index contributed by atoms with van der Waals surface area (Å²) >= 11 is 1.64.